The van der Waals surface area contributed by atoms with Gasteiger partial charge in [-0.15, -0.1) is 11.3 Å². The Morgan fingerprint density at radius 2 is 2.27 bits per heavy atom. The molecule has 0 spiro atoms. The van der Waals surface area contributed by atoms with E-state index in [4.69, 9.17) is 11.0 Å². The fourth-order valence-corrected chi connectivity index (χ4v) is 3.16. The molecule has 0 saturated heterocycles. The van der Waals surface area contributed by atoms with Crippen molar-refractivity contribution in [1.82, 2.24) is 0 Å². The molecule has 76 valence electrons. The molecule has 15 heavy (non-hydrogen) atoms. The highest BCUT2D eigenvalue weighted by molar-refractivity contribution is 7.17. The first-order valence-electron chi connectivity index (χ1n) is 4.85. The Morgan fingerprint density at radius 1 is 1.53 bits per heavy atom. The van der Waals surface area contributed by atoms with Crippen LogP contribution in [0.4, 0.5) is 5.00 Å². The number of hydrogen-bond donors (Lipinski definition) is 1. The Kier molecular flexibility index (Phi) is 2.37. The van der Waals surface area contributed by atoms with Crippen LogP contribution in [-0.2, 0) is 6.42 Å². The van der Waals surface area contributed by atoms with Crippen LogP contribution < -0.4 is 5.73 Å². The zero-order chi connectivity index (χ0) is 11.0. The van der Waals surface area contributed by atoms with Gasteiger partial charge >= 0.3 is 0 Å². The molecule has 1 heterocycles. The van der Waals surface area contributed by atoms with Gasteiger partial charge in [0.2, 0.25) is 0 Å². The molecule has 0 atom stereocenters. The van der Waals surface area contributed by atoms with Gasteiger partial charge in [-0.2, -0.15) is 5.26 Å². The first-order valence-corrected chi connectivity index (χ1v) is 5.66. The standard InChI is InChI=1S/C12H12N2S/c1-3-8-7(2)4-5-9-10(6-13)12(14)15-11(8)9/h3H,2,4-5,14H2,1H3/b8-3+. The molecule has 0 fully saturated rings. The van der Waals surface area contributed by atoms with Gasteiger partial charge in [0.25, 0.3) is 0 Å². The fourth-order valence-electron chi connectivity index (χ4n) is 1.97. The molecule has 0 aliphatic heterocycles. The van der Waals surface area contributed by atoms with Crippen LogP contribution in [-0.4, -0.2) is 0 Å². The van der Waals surface area contributed by atoms with E-state index in [2.05, 4.69) is 18.7 Å². The number of rotatable bonds is 0. The summed E-state index contributed by atoms with van der Waals surface area (Å²) in [5.74, 6) is 0. The topological polar surface area (TPSA) is 49.8 Å². The molecule has 2 rings (SSSR count). The second-order valence-electron chi connectivity index (χ2n) is 3.57. The highest BCUT2D eigenvalue weighted by Crippen LogP contribution is 2.43. The molecular formula is C12H12N2S. The third-order valence-electron chi connectivity index (χ3n) is 2.74. The van der Waals surface area contributed by atoms with E-state index in [9.17, 15) is 0 Å². The smallest absolute Gasteiger partial charge is 0.105 e. The highest BCUT2D eigenvalue weighted by Gasteiger charge is 2.23. The van der Waals surface area contributed by atoms with E-state index < -0.39 is 0 Å². The van der Waals surface area contributed by atoms with Crippen molar-refractivity contribution in [2.45, 2.75) is 19.8 Å². The summed E-state index contributed by atoms with van der Waals surface area (Å²) < 4.78 is 0. The average Bonchev–Trinajstić information content (AvgIpc) is 2.53. The summed E-state index contributed by atoms with van der Waals surface area (Å²) >= 11 is 1.50. The van der Waals surface area contributed by atoms with Crippen LogP contribution in [0, 0.1) is 11.3 Å². The van der Waals surface area contributed by atoms with E-state index in [1.165, 1.54) is 11.3 Å². The molecule has 0 bridgehead atoms. The van der Waals surface area contributed by atoms with E-state index in [0.717, 1.165) is 34.4 Å². The van der Waals surface area contributed by atoms with E-state index in [-0.39, 0.29) is 0 Å². The van der Waals surface area contributed by atoms with Crippen LogP contribution in [0.3, 0.4) is 0 Å². The number of nitrogen functional groups attached to an aromatic ring is 1. The molecule has 2 nitrogen and oxygen atoms in total. The van der Waals surface area contributed by atoms with Gasteiger partial charge in [-0.05, 0) is 36.5 Å². The second kappa shape index (κ2) is 3.56. The van der Waals surface area contributed by atoms with Crippen molar-refractivity contribution in [3.8, 4) is 6.07 Å². The lowest BCUT2D eigenvalue weighted by Crippen LogP contribution is -2.02. The monoisotopic (exact) mass is 216 g/mol. The zero-order valence-corrected chi connectivity index (χ0v) is 9.45. The molecule has 1 aromatic heterocycles. The van der Waals surface area contributed by atoms with Crippen LogP contribution in [0.2, 0.25) is 0 Å². The number of hydrogen-bond acceptors (Lipinski definition) is 3. The Balaban J connectivity index is 2.68. The number of nitriles is 1. The minimum atomic E-state index is 0.636. The Bertz CT molecular complexity index is 500. The molecular weight excluding hydrogens is 204 g/mol. The predicted molar refractivity (Wildman–Crippen MR) is 64.6 cm³/mol. The Hall–Kier alpha value is -1.53. The number of anilines is 1. The van der Waals surface area contributed by atoms with Gasteiger partial charge in [0, 0.05) is 4.88 Å². The second-order valence-corrected chi connectivity index (χ2v) is 4.62. The summed E-state index contributed by atoms with van der Waals surface area (Å²) in [6.45, 7) is 6.04. The van der Waals surface area contributed by atoms with E-state index in [1.54, 1.807) is 0 Å². The summed E-state index contributed by atoms with van der Waals surface area (Å²) in [7, 11) is 0. The summed E-state index contributed by atoms with van der Waals surface area (Å²) in [6.07, 6.45) is 3.87. The van der Waals surface area contributed by atoms with Crippen LogP contribution in [0.25, 0.3) is 5.57 Å². The van der Waals surface area contributed by atoms with Gasteiger partial charge in [0.1, 0.15) is 11.1 Å². The van der Waals surface area contributed by atoms with Crippen molar-refractivity contribution in [1.29, 1.82) is 5.26 Å². The van der Waals surface area contributed by atoms with Crippen LogP contribution in [0.1, 0.15) is 29.3 Å². The lowest BCUT2D eigenvalue weighted by molar-refractivity contribution is 0.949. The molecule has 0 amide bonds. The molecule has 1 aliphatic carbocycles. The van der Waals surface area contributed by atoms with Crippen molar-refractivity contribution >= 4 is 21.9 Å². The average molecular weight is 216 g/mol. The number of fused-ring (bicyclic) bond motifs is 1. The lowest BCUT2D eigenvalue weighted by Gasteiger charge is -2.17. The van der Waals surface area contributed by atoms with E-state index >= 15 is 0 Å². The fraction of sp³-hybridized carbons (Fsp3) is 0.250. The molecule has 1 aliphatic rings. The SMILES string of the molecule is C=C1CCc2c(sc(N)c2C#N)/C1=C/C. The maximum atomic E-state index is 9.02. The minimum absolute atomic E-state index is 0.636. The largest absolute Gasteiger partial charge is 0.389 e. The maximum Gasteiger partial charge on any atom is 0.105 e. The molecule has 3 heteroatoms. The summed E-state index contributed by atoms with van der Waals surface area (Å²) in [5.41, 5.74) is 9.92. The first-order chi connectivity index (χ1) is 7.19. The van der Waals surface area contributed by atoms with E-state index in [0.29, 0.717) is 10.6 Å². The lowest BCUT2D eigenvalue weighted by atomic mass is 9.88. The third-order valence-corrected chi connectivity index (χ3v) is 3.83. The molecule has 2 N–H and O–H groups in total. The quantitative estimate of drug-likeness (QED) is 0.724. The normalized spacial score (nSPS) is 17.6. The van der Waals surface area contributed by atoms with Gasteiger partial charge in [-0.25, -0.2) is 0 Å². The summed E-state index contributed by atoms with van der Waals surface area (Å²) in [5, 5.41) is 9.66. The molecule has 0 saturated carbocycles. The van der Waals surface area contributed by atoms with Gasteiger partial charge in [0.05, 0.1) is 5.56 Å². The van der Waals surface area contributed by atoms with E-state index in [1.807, 2.05) is 6.92 Å². The number of nitrogens with two attached hydrogens (primary N) is 1. The van der Waals surface area contributed by atoms with Crippen LogP contribution in [0.5, 0.6) is 0 Å². The number of nitrogens with zero attached hydrogens (tertiary/aromatic N) is 1. The Morgan fingerprint density at radius 3 is 2.87 bits per heavy atom. The minimum Gasteiger partial charge on any atom is -0.389 e. The van der Waals surface area contributed by atoms with Crippen molar-refractivity contribution < 1.29 is 0 Å². The van der Waals surface area contributed by atoms with Crippen molar-refractivity contribution in [3.63, 3.8) is 0 Å². The van der Waals surface area contributed by atoms with Gasteiger partial charge in [-0.3, -0.25) is 0 Å². The highest BCUT2D eigenvalue weighted by atomic mass is 32.1. The zero-order valence-electron chi connectivity index (χ0n) is 8.63. The van der Waals surface area contributed by atoms with Gasteiger partial charge < -0.3 is 5.73 Å². The van der Waals surface area contributed by atoms with Gasteiger partial charge in [0.15, 0.2) is 0 Å². The van der Waals surface area contributed by atoms with Crippen molar-refractivity contribution in [3.05, 3.63) is 34.2 Å². The van der Waals surface area contributed by atoms with Crippen molar-refractivity contribution in [2.24, 2.45) is 0 Å². The predicted octanol–water partition coefficient (Wildman–Crippen LogP) is 3.11. The van der Waals surface area contributed by atoms with Gasteiger partial charge in [-0.1, -0.05) is 12.7 Å². The molecule has 1 aromatic rings. The summed E-state index contributed by atoms with van der Waals surface area (Å²) in [6, 6.07) is 2.19. The van der Waals surface area contributed by atoms with Crippen molar-refractivity contribution in [2.75, 3.05) is 5.73 Å². The number of allylic oxidation sites excluding steroid dienone is 3. The van der Waals surface area contributed by atoms with Crippen LogP contribution >= 0.6 is 11.3 Å². The summed E-state index contributed by atoms with van der Waals surface area (Å²) in [4.78, 5) is 1.14. The molecule has 0 unspecified atom stereocenters. The Labute approximate surface area is 93.3 Å². The third kappa shape index (κ3) is 1.38. The first kappa shape index (κ1) is 10.0. The maximum absolute atomic E-state index is 9.02. The number of thiophene rings is 1. The molecule has 0 radical (unpaired) electrons. The molecule has 0 aromatic carbocycles. The van der Waals surface area contributed by atoms with Crippen LogP contribution in [0.15, 0.2) is 18.2 Å².